The molecule has 0 fully saturated rings. The molecule has 0 amide bonds. The van der Waals surface area contributed by atoms with Gasteiger partial charge in [0.15, 0.2) is 0 Å². The molecule has 2 rings (SSSR count). The smallest absolute Gasteiger partial charge is 0.0410 e. The summed E-state index contributed by atoms with van der Waals surface area (Å²) < 4.78 is 1.41. The summed E-state index contributed by atoms with van der Waals surface area (Å²) in [5.41, 5.74) is 2.71. The van der Waals surface area contributed by atoms with Crippen molar-refractivity contribution in [1.29, 1.82) is 0 Å². The second kappa shape index (κ2) is 3.11. The molecule has 1 nitrogen and oxygen atoms in total. The molecule has 0 atom stereocenters. The molecule has 2 aromatic heterocycles. The van der Waals surface area contributed by atoms with Crippen LogP contribution in [0.3, 0.4) is 0 Å². The zero-order valence-electron chi connectivity index (χ0n) is 8.16. The van der Waals surface area contributed by atoms with Gasteiger partial charge in [0.05, 0.1) is 0 Å². The van der Waals surface area contributed by atoms with E-state index >= 15 is 0 Å². The molecule has 0 saturated carbocycles. The summed E-state index contributed by atoms with van der Waals surface area (Å²) >= 11 is 1.83. The van der Waals surface area contributed by atoms with Crippen molar-refractivity contribution < 1.29 is 0 Å². The summed E-state index contributed by atoms with van der Waals surface area (Å²) in [6.45, 7) is 6.57. The SMILES string of the molecule is Cc1csc2c(C(C)C)cncc12. The summed E-state index contributed by atoms with van der Waals surface area (Å²) in [7, 11) is 0. The maximum absolute atomic E-state index is 4.27. The van der Waals surface area contributed by atoms with E-state index < -0.39 is 0 Å². The Kier molecular flexibility index (Phi) is 2.08. The third-order valence-electron chi connectivity index (χ3n) is 2.32. The van der Waals surface area contributed by atoms with Crippen molar-refractivity contribution in [3.63, 3.8) is 0 Å². The number of hydrogen-bond acceptors (Lipinski definition) is 2. The molecule has 0 spiro atoms. The van der Waals surface area contributed by atoms with Crippen molar-refractivity contribution in [2.24, 2.45) is 0 Å². The van der Waals surface area contributed by atoms with Crippen LogP contribution >= 0.6 is 11.3 Å². The van der Waals surface area contributed by atoms with Crippen LogP contribution < -0.4 is 0 Å². The number of aryl methyl sites for hydroxylation is 1. The quantitative estimate of drug-likeness (QED) is 0.669. The Balaban J connectivity index is 2.77. The largest absolute Gasteiger partial charge is 0.264 e. The molecule has 13 heavy (non-hydrogen) atoms. The Hall–Kier alpha value is -0.890. The lowest BCUT2D eigenvalue weighted by Gasteiger charge is -2.05. The highest BCUT2D eigenvalue weighted by Crippen LogP contribution is 2.31. The van der Waals surface area contributed by atoms with Crippen LogP contribution in [0.2, 0.25) is 0 Å². The Bertz CT molecular complexity index is 429. The topological polar surface area (TPSA) is 12.9 Å². The van der Waals surface area contributed by atoms with Gasteiger partial charge in [-0.15, -0.1) is 11.3 Å². The third-order valence-corrected chi connectivity index (χ3v) is 3.49. The van der Waals surface area contributed by atoms with Crippen molar-refractivity contribution >= 4 is 21.4 Å². The predicted molar refractivity (Wildman–Crippen MR) is 58.4 cm³/mol. The first-order chi connectivity index (χ1) is 6.20. The lowest BCUT2D eigenvalue weighted by molar-refractivity contribution is 0.871. The summed E-state index contributed by atoms with van der Waals surface area (Å²) in [6.07, 6.45) is 3.95. The van der Waals surface area contributed by atoms with E-state index in [0.29, 0.717) is 5.92 Å². The maximum atomic E-state index is 4.27. The zero-order valence-corrected chi connectivity index (χ0v) is 8.98. The van der Waals surface area contributed by atoms with E-state index in [0.717, 1.165) is 0 Å². The molecule has 0 saturated heterocycles. The van der Waals surface area contributed by atoms with Crippen molar-refractivity contribution in [2.45, 2.75) is 26.7 Å². The van der Waals surface area contributed by atoms with Crippen molar-refractivity contribution in [3.05, 3.63) is 28.9 Å². The fraction of sp³-hybridized carbons (Fsp3) is 0.364. The second-order valence-electron chi connectivity index (χ2n) is 3.68. The van der Waals surface area contributed by atoms with Crippen LogP contribution in [0.4, 0.5) is 0 Å². The normalized spacial score (nSPS) is 11.4. The first-order valence-corrected chi connectivity index (χ1v) is 5.40. The van der Waals surface area contributed by atoms with Crippen molar-refractivity contribution in [2.75, 3.05) is 0 Å². The van der Waals surface area contributed by atoms with Gasteiger partial charge in [-0.1, -0.05) is 13.8 Å². The molecule has 2 heterocycles. The van der Waals surface area contributed by atoms with Gasteiger partial charge in [-0.3, -0.25) is 4.98 Å². The van der Waals surface area contributed by atoms with E-state index in [1.54, 1.807) is 0 Å². The maximum Gasteiger partial charge on any atom is 0.0410 e. The fourth-order valence-electron chi connectivity index (χ4n) is 1.50. The average Bonchev–Trinajstić information content (AvgIpc) is 2.48. The molecule has 0 bridgehead atoms. The lowest BCUT2D eigenvalue weighted by atomic mass is 10.0. The number of pyridine rings is 1. The van der Waals surface area contributed by atoms with E-state index in [1.165, 1.54) is 21.2 Å². The minimum Gasteiger partial charge on any atom is -0.264 e. The number of rotatable bonds is 1. The molecule has 0 N–H and O–H groups in total. The summed E-state index contributed by atoms with van der Waals surface area (Å²) in [6, 6.07) is 0. The first kappa shape index (κ1) is 8.70. The molecule has 2 heteroatoms. The summed E-state index contributed by atoms with van der Waals surface area (Å²) in [4.78, 5) is 4.27. The molecule has 2 aromatic rings. The highest BCUT2D eigenvalue weighted by molar-refractivity contribution is 7.17. The Labute approximate surface area is 82.4 Å². The van der Waals surface area contributed by atoms with Gasteiger partial charge in [0.1, 0.15) is 0 Å². The van der Waals surface area contributed by atoms with Gasteiger partial charge in [-0.25, -0.2) is 0 Å². The standard InChI is InChI=1S/C11H13NS/c1-7(2)9-4-12-5-10-8(3)6-13-11(9)10/h4-7H,1-3H3. The lowest BCUT2D eigenvalue weighted by Crippen LogP contribution is -1.88. The van der Waals surface area contributed by atoms with Crippen LogP contribution in [0.15, 0.2) is 17.8 Å². The molecule has 0 aliphatic carbocycles. The summed E-state index contributed by atoms with van der Waals surface area (Å²) in [5.74, 6) is 0.564. The number of thiophene rings is 1. The highest BCUT2D eigenvalue weighted by atomic mass is 32.1. The van der Waals surface area contributed by atoms with Gasteiger partial charge >= 0.3 is 0 Å². The predicted octanol–water partition coefficient (Wildman–Crippen LogP) is 3.73. The minimum atomic E-state index is 0.564. The number of nitrogens with zero attached hydrogens (tertiary/aromatic N) is 1. The van der Waals surface area contributed by atoms with Crippen LogP contribution in [-0.4, -0.2) is 4.98 Å². The summed E-state index contributed by atoms with van der Waals surface area (Å²) in [5, 5.41) is 3.52. The average molecular weight is 191 g/mol. The van der Waals surface area contributed by atoms with Crippen LogP contribution in [0.25, 0.3) is 10.1 Å². The van der Waals surface area contributed by atoms with Crippen molar-refractivity contribution in [3.8, 4) is 0 Å². The van der Waals surface area contributed by atoms with E-state index in [1.807, 2.05) is 23.7 Å². The Morgan fingerprint density at radius 2 is 2.08 bits per heavy atom. The van der Waals surface area contributed by atoms with E-state index in [4.69, 9.17) is 0 Å². The van der Waals surface area contributed by atoms with Gasteiger partial charge in [-0.2, -0.15) is 0 Å². The monoisotopic (exact) mass is 191 g/mol. The van der Waals surface area contributed by atoms with Crippen LogP contribution in [0, 0.1) is 6.92 Å². The van der Waals surface area contributed by atoms with Gasteiger partial charge < -0.3 is 0 Å². The molecule has 0 aliphatic rings. The Morgan fingerprint density at radius 3 is 2.77 bits per heavy atom. The highest BCUT2D eigenvalue weighted by Gasteiger charge is 2.08. The van der Waals surface area contributed by atoms with Crippen LogP contribution in [0.5, 0.6) is 0 Å². The molecular weight excluding hydrogens is 178 g/mol. The van der Waals surface area contributed by atoms with Crippen LogP contribution in [-0.2, 0) is 0 Å². The van der Waals surface area contributed by atoms with E-state index in [2.05, 4.69) is 31.1 Å². The van der Waals surface area contributed by atoms with Crippen molar-refractivity contribution in [1.82, 2.24) is 4.98 Å². The molecule has 0 radical (unpaired) electrons. The number of aromatic nitrogens is 1. The van der Waals surface area contributed by atoms with Crippen LogP contribution in [0.1, 0.15) is 30.9 Å². The fourth-order valence-corrected chi connectivity index (χ4v) is 2.69. The molecule has 0 aliphatic heterocycles. The molecular formula is C11H13NS. The van der Waals surface area contributed by atoms with E-state index in [9.17, 15) is 0 Å². The van der Waals surface area contributed by atoms with Gasteiger partial charge in [0.25, 0.3) is 0 Å². The molecule has 68 valence electrons. The number of hydrogen-bond donors (Lipinski definition) is 0. The molecule has 0 aromatic carbocycles. The molecule has 0 unspecified atom stereocenters. The number of fused-ring (bicyclic) bond motifs is 1. The first-order valence-electron chi connectivity index (χ1n) is 4.52. The van der Waals surface area contributed by atoms with Gasteiger partial charge in [-0.05, 0) is 29.3 Å². The Morgan fingerprint density at radius 1 is 1.31 bits per heavy atom. The minimum absolute atomic E-state index is 0.564. The second-order valence-corrected chi connectivity index (χ2v) is 4.56. The van der Waals surface area contributed by atoms with Gasteiger partial charge in [0.2, 0.25) is 0 Å². The van der Waals surface area contributed by atoms with Gasteiger partial charge in [0, 0.05) is 22.5 Å². The van der Waals surface area contributed by atoms with E-state index in [-0.39, 0.29) is 0 Å². The zero-order chi connectivity index (χ0) is 9.42. The third kappa shape index (κ3) is 1.35.